The maximum atomic E-state index is 5.70. The van der Waals surface area contributed by atoms with Crippen LogP contribution in [0, 0.1) is 0 Å². The van der Waals surface area contributed by atoms with Gasteiger partial charge in [-0.1, -0.05) is 89.9 Å². The average molecular weight is 268 g/mol. The minimum Gasteiger partial charge on any atom is -0.381 e. The molecular weight excluding hydrogens is 232 g/mol. The van der Waals surface area contributed by atoms with Gasteiger partial charge in [-0.2, -0.15) is 0 Å². The summed E-state index contributed by atoms with van der Waals surface area (Å²) in [6.45, 7) is 2.00. The fraction of sp³-hybridized carbons (Fsp3) is 1.00. The minimum absolute atomic E-state index is 1.00. The molecule has 0 aromatic heterocycles. The summed E-state index contributed by atoms with van der Waals surface area (Å²) in [5.41, 5.74) is 0. The van der Waals surface area contributed by atoms with Crippen molar-refractivity contribution in [3.8, 4) is 0 Å². The summed E-state index contributed by atoms with van der Waals surface area (Å²) in [6, 6.07) is 0. The van der Waals surface area contributed by atoms with Crippen molar-refractivity contribution in [3.05, 3.63) is 0 Å². The molecule has 1 saturated heterocycles. The minimum atomic E-state index is 1.00. The van der Waals surface area contributed by atoms with Crippen molar-refractivity contribution in [2.45, 2.75) is 103 Å². The number of rotatable bonds is 0. The Morgan fingerprint density at radius 1 is 0.263 bits per heavy atom. The first kappa shape index (κ1) is 17.0. The zero-order chi connectivity index (χ0) is 13.4. The summed E-state index contributed by atoms with van der Waals surface area (Å²) < 4.78 is 5.70. The van der Waals surface area contributed by atoms with Crippen LogP contribution in [-0.2, 0) is 4.74 Å². The standard InChI is InChI=1S/C18H36O/c1-2-4-6-8-10-12-14-16-18-19-17-15-13-11-9-7-5-3-1/h1-18H2. The lowest BCUT2D eigenvalue weighted by molar-refractivity contribution is 0.125. The molecule has 0 amide bonds. The van der Waals surface area contributed by atoms with Gasteiger partial charge < -0.3 is 4.74 Å². The van der Waals surface area contributed by atoms with Crippen molar-refractivity contribution < 1.29 is 4.74 Å². The van der Waals surface area contributed by atoms with Gasteiger partial charge in [-0.05, 0) is 12.8 Å². The highest BCUT2D eigenvalue weighted by atomic mass is 16.5. The molecule has 1 heterocycles. The molecule has 0 N–H and O–H groups in total. The molecule has 0 spiro atoms. The predicted octanol–water partition coefficient (Wildman–Crippen LogP) is 6.26. The molecule has 1 fully saturated rings. The van der Waals surface area contributed by atoms with Gasteiger partial charge in [-0.25, -0.2) is 0 Å². The van der Waals surface area contributed by atoms with Crippen molar-refractivity contribution in [2.24, 2.45) is 0 Å². The van der Waals surface area contributed by atoms with Crippen LogP contribution >= 0.6 is 0 Å². The third-order valence-electron chi connectivity index (χ3n) is 4.33. The lowest BCUT2D eigenvalue weighted by atomic mass is 10.0. The highest BCUT2D eigenvalue weighted by Crippen LogP contribution is 2.14. The van der Waals surface area contributed by atoms with Gasteiger partial charge in [-0.15, -0.1) is 0 Å². The molecule has 0 aromatic rings. The third-order valence-corrected chi connectivity index (χ3v) is 4.33. The summed E-state index contributed by atoms with van der Waals surface area (Å²) in [5, 5.41) is 0. The van der Waals surface area contributed by atoms with Crippen LogP contribution in [0.4, 0.5) is 0 Å². The first-order valence-electron chi connectivity index (χ1n) is 9.08. The topological polar surface area (TPSA) is 9.23 Å². The van der Waals surface area contributed by atoms with E-state index in [1.807, 2.05) is 0 Å². The summed E-state index contributed by atoms with van der Waals surface area (Å²) in [4.78, 5) is 0. The van der Waals surface area contributed by atoms with Gasteiger partial charge in [0, 0.05) is 13.2 Å². The van der Waals surface area contributed by atoms with Gasteiger partial charge in [-0.3, -0.25) is 0 Å². The van der Waals surface area contributed by atoms with Gasteiger partial charge in [0.1, 0.15) is 0 Å². The van der Waals surface area contributed by atoms with Crippen LogP contribution in [0.2, 0.25) is 0 Å². The van der Waals surface area contributed by atoms with E-state index in [-0.39, 0.29) is 0 Å². The average Bonchev–Trinajstić information content (AvgIpc) is 2.43. The Morgan fingerprint density at radius 2 is 0.474 bits per heavy atom. The Balaban J connectivity index is 2.01. The first-order chi connectivity index (χ1) is 9.50. The van der Waals surface area contributed by atoms with Crippen LogP contribution in [0.5, 0.6) is 0 Å². The molecule has 1 rings (SSSR count). The van der Waals surface area contributed by atoms with Crippen molar-refractivity contribution in [3.63, 3.8) is 0 Å². The molecule has 114 valence electrons. The summed E-state index contributed by atoms with van der Waals surface area (Å²) in [6.07, 6.45) is 22.8. The van der Waals surface area contributed by atoms with E-state index in [9.17, 15) is 0 Å². The Hall–Kier alpha value is -0.0400. The number of hydrogen-bond donors (Lipinski definition) is 0. The Labute approximate surface area is 121 Å². The van der Waals surface area contributed by atoms with Crippen LogP contribution < -0.4 is 0 Å². The maximum Gasteiger partial charge on any atom is 0.0466 e. The molecule has 0 aromatic carbocycles. The van der Waals surface area contributed by atoms with Crippen LogP contribution in [0.1, 0.15) is 103 Å². The summed E-state index contributed by atoms with van der Waals surface area (Å²) in [7, 11) is 0. The number of ether oxygens (including phenoxy) is 1. The van der Waals surface area contributed by atoms with Crippen molar-refractivity contribution in [2.75, 3.05) is 13.2 Å². The fourth-order valence-electron chi connectivity index (χ4n) is 2.99. The second-order valence-corrected chi connectivity index (χ2v) is 6.27. The monoisotopic (exact) mass is 268 g/mol. The molecular formula is C18H36O. The Morgan fingerprint density at radius 3 is 0.737 bits per heavy atom. The van der Waals surface area contributed by atoms with Crippen LogP contribution in [0.3, 0.4) is 0 Å². The molecule has 0 radical (unpaired) electrons. The van der Waals surface area contributed by atoms with E-state index in [0.717, 1.165) is 13.2 Å². The Kier molecular flexibility index (Phi) is 12.9. The molecule has 19 heavy (non-hydrogen) atoms. The lowest BCUT2D eigenvalue weighted by Gasteiger charge is -2.04. The molecule has 0 unspecified atom stereocenters. The molecule has 0 aliphatic carbocycles. The largest absolute Gasteiger partial charge is 0.381 e. The molecule has 1 aliphatic heterocycles. The zero-order valence-electron chi connectivity index (χ0n) is 13.1. The van der Waals surface area contributed by atoms with Gasteiger partial charge in [0.2, 0.25) is 0 Å². The van der Waals surface area contributed by atoms with Gasteiger partial charge in [0.25, 0.3) is 0 Å². The normalized spacial score (nSPS) is 24.0. The van der Waals surface area contributed by atoms with Crippen LogP contribution in [0.25, 0.3) is 0 Å². The quantitative estimate of drug-likeness (QED) is 0.504. The van der Waals surface area contributed by atoms with Crippen molar-refractivity contribution in [1.29, 1.82) is 0 Å². The van der Waals surface area contributed by atoms with Crippen molar-refractivity contribution in [1.82, 2.24) is 0 Å². The number of hydrogen-bond acceptors (Lipinski definition) is 1. The molecule has 1 nitrogen and oxygen atoms in total. The first-order valence-corrected chi connectivity index (χ1v) is 9.08. The van der Waals surface area contributed by atoms with E-state index >= 15 is 0 Å². The van der Waals surface area contributed by atoms with Gasteiger partial charge in [0.15, 0.2) is 0 Å². The summed E-state index contributed by atoms with van der Waals surface area (Å²) in [5.74, 6) is 0. The van der Waals surface area contributed by atoms with E-state index in [4.69, 9.17) is 4.74 Å². The Bertz CT molecular complexity index is 86.4. The third kappa shape index (κ3) is 12.7. The molecule has 1 aliphatic rings. The van der Waals surface area contributed by atoms with E-state index in [2.05, 4.69) is 0 Å². The molecule has 0 bridgehead atoms. The van der Waals surface area contributed by atoms with Crippen LogP contribution in [0.15, 0.2) is 0 Å². The maximum absolute atomic E-state index is 5.70. The smallest absolute Gasteiger partial charge is 0.0466 e. The molecule has 0 atom stereocenters. The molecule has 1 heteroatoms. The van der Waals surface area contributed by atoms with Gasteiger partial charge in [0.05, 0.1) is 0 Å². The van der Waals surface area contributed by atoms with E-state index in [1.165, 1.54) is 103 Å². The highest BCUT2D eigenvalue weighted by molar-refractivity contribution is 4.51. The van der Waals surface area contributed by atoms with E-state index < -0.39 is 0 Å². The van der Waals surface area contributed by atoms with Crippen molar-refractivity contribution >= 4 is 0 Å². The fourth-order valence-corrected chi connectivity index (χ4v) is 2.99. The second-order valence-electron chi connectivity index (χ2n) is 6.27. The van der Waals surface area contributed by atoms with Crippen LogP contribution in [-0.4, -0.2) is 13.2 Å². The second kappa shape index (κ2) is 14.4. The van der Waals surface area contributed by atoms with Gasteiger partial charge >= 0.3 is 0 Å². The summed E-state index contributed by atoms with van der Waals surface area (Å²) >= 11 is 0. The lowest BCUT2D eigenvalue weighted by Crippen LogP contribution is -1.97. The molecule has 0 saturated carbocycles. The predicted molar refractivity (Wildman–Crippen MR) is 84.7 cm³/mol. The van der Waals surface area contributed by atoms with E-state index in [1.54, 1.807) is 0 Å². The SMILES string of the molecule is C1CCCCCCCCCOCCCCCCCC1. The zero-order valence-corrected chi connectivity index (χ0v) is 13.1. The van der Waals surface area contributed by atoms with E-state index in [0.29, 0.717) is 0 Å². The highest BCUT2D eigenvalue weighted by Gasteiger charge is 1.96.